The van der Waals surface area contributed by atoms with Crippen molar-refractivity contribution in [1.82, 2.24) is 19.7 Å². The molecule has 7 nitrogen and oxygen atoms in total. The molecule has 0 saturated carbocycles. The minimum atomic E-state index is -0.972. The van der Waals surface area contributed by atoms with Gasteiger partial charge in [-0.05, 0) is 18.6 Å². The smallest absolute Gasteiger partial charge is 0.268 e. The van der Waals surface area contributed by atoms with Gasteiger partial charge in [0, 0.05) is 6.20 Å². The van der Waals surface area contributed by atoms with E-state index in [1.54, 1.807) is 25.3 Å². The third-order valence-corrected chi connectivity index (χ3v) is 2.82. The summed E-state index contributed by atoms with van der Waals surface area (Å²) in [5, 5.41) is 6.33. The van der Waals surface area contributed by atoms with E-state index >= 15 is 0 Å². The van der Waals surface area contributed by atoms with Crippen LogP contribution in [0.5, 0.6) is 0 Å². The SMILES string of the molecule is Cc1cccnc1C1C(=O)Nc2ncnn2C1=O. The molecule has 90 valence electrons. The average Bonchev–Trinajstić information content (AvgIpc) is 2.79. The van der Waals surface area contributed by atoms with Gasteiger partial charge in [0.2, 0.25) is 11.9 Å². The maximum Gasteiger partial charge on any atom is 0.268 e. The summed E-state index contributed by atoms with van der Waals surface area (Å²) in [7, 11) is 0. The third kappa shape index (κ3) is 1.41. The predicted octanol–water partition coefficient (Wildman–Crippen LogP) is 0.358. The molecule has 3 heterocycles. The molecule has 0 bridgehead atoms. The normalized spacial score (nSPS) is 18.4. The van der Waals surface area contributed by atoms with Crippen molar-refractivity contribution in [2.75, 3.05) is 5.32 Å². The lowest BCUT2D eigenvalue weighted by Gasteiger charge is -2.21. The molecule has 2 aromatic heterocycles. The van der Waals surface area contributed by atoms with Crippen LogP contribution in [0.15, 0.2) is 24.7 Å². The van der Waals surface area contributed by atoms with E-state index < -0.39 is 17.7 Å². The number of fused-ring (bicyclic) bond motifs is 1. The minimum absolute atomic E-state index is 0.148. The van der Waals surface area contributed by atoms with Crippen molar-refractivity contribution in [3.8, 4) is 0 Å². The number of pyridine rings is 1. The fourth-order valence-corrected chi connectivity index (χ4v) is 1.95. The molecule has 1 aliphatic heterocycles. The molecule has 18 heavy (non-hydrogen) atoms. The van der Waals surface area contributed by atoms with E-state index in [0.717, 1.165) is 10.2 Å². The molecular weight excluding hydrogens is 234 g/mol. The van der Waals surface area contributed by atoms with Crippen molar-refractivity contribution in [1.29, 1.82) is 0 Å². The Labute approximate surface area is 102 Å². The maximum absolute atomic E-state index is 12.2. The minimum Gasteiger partial charge on any atom is -0.293 e. The van der Waals surface area contributed by atoms with Gasteiger partial charge in [0.15, 0.2) is 5.92 Å². The summed E-state index contributed by atoms with van der Waals surface area (Å²) in [4.78, 5) is 32.1. The third-order valence-electron chi connectivity index (χ3n) is 2.82. The molecule has 1 amide bonds. The second kappa shape index (κ2) is 3.73. The Morgan fingerprint density at radius 3 is 2.94 bits per heavy atom. The molecule has 1 unspecified atom stereocenters. The summed E-state index contributed by atoms with van der Waals surface area (Å²) in [6.45, 7) is 1.81. The zero-order chi connectivity index (χ0) is 12.7. The largest absolute Gasteiger partial charge is 0.293 e. The first-order chi connectivity index (χ1) is 8.68. The number of hydrogen-bond donors (Lipinski definition) is 1. The summed E-state index contributed by atoms with van der Waals surface area (Å²) in [6.07, 6.45) is 2.78. The van der Waals surface area contributed by atoms with Gasteiger partial charge in [-0.25, -0.2) is 0 Å². The van der Waals surface area contributed by atoms with Gasteiger partial charge in [-0.3, -0.25) is 19.9 Å². The Kier molecular flexibility index (Phi) is 2.19. The van der Waals surface area contributed by atoms with Crippen LogP contribution in [0.2, 0.25) is 0 Å². The van der Waals surface area contributed by atoms with E-state index in [-0.39, 0.29) is 5.95 Å². The van der Waals surface area contributed by atoms with E-state index in [4.69, 9.17) is 0 Å². The standard InChI is InChI=1S/C11H9N5O2/c1-6-3-2-4-12-8(6)7-9(17)15-11-13-5-14-16(11)10(7)18/h2-5,7H,1H3,(H,13,14,15,17). The van der Waals surface area contributed by atoms with Crippen molar-refractivity contribution >= 4 is 17.8 Å². The molecule has 2 aromatic rings. The van der Waals surface area contributed by atoms with Crippen LogP contribution in [0.25, 0.3) is 0 Å². The number of hydrogen-bond acceptors (Lipinski definition) is 5. The van der Waals surface area contributed by atoms with Crippen molar-refractivity contribution in [3.05, 3.63) is 35.9 Å². The molecule has 0 saturated heterocycles. The monoisotopic (exact) mass is 243 g/mol. The van der Waals surface area contributed by atoms with Crippen LogP contribution in [0, 0.1) is 6.92 Å². The summed E-state index contributed by atoms with van der Waals surface area (Å²) in [5.41, 5.74) is 1.23. The molecular formula is C11H9N5O2. The van der Waals surface area contributed by atoms with E-state index in [9.17, 15) is 9.59 Å². The highest BCUT2D eigenvalue weighted by atomic mass is 16.2. The molecule has 3 rings (SSSR count). The van der Waals surface area contributed by atoms with E-state index in [1.807, 2.05) is 0 Å². The Morgan fingerprint density at radius 2 is 2.17 bits per heavy atom. The van der Waals surface area contributed by atoms with Crippen LogP contribution in [-0.4, -0.2) is 31.6 Å². The molecule has 0 radical (unpaired) electrons. The molecule has 1 aliphatic rings. The number of nitrogens with zero attached hydrogens (tertiary/aromatic N) is 4. The lowest BCUT2D eigenvalue weighted by molar-refractivity contribution is -0.117. The Hall–Kier alpha value is -2.57. The van der Waals surface area contributed by atoms with Crippen molar-refractivity contribution < 1.29 is 9.59 Å². The van der Waals surface area contributed by atoms with E-state index in [2.05, 4.69) is 20.4 Å². The average molecular weight is 243 g/mol. The van der Waals surface area contributed by atoms with Crippen LogP contribution >= 0.6 is 0 Å². The fraction of sp³-hybridized carbons (Fsp3) is 0.182. The summed E-state index contributed by atoms with van der Waals surface area (Å²) < 4.78 is 1.08. The van der Waals surface area contributed by atoms with Gasteiger partial charge in [0.1, 0.15) is 6.33 Å². The summed E-state index contributed by atoms with van der Waals surface area (Å²) in [6, 6.07) is 3.56. The summed E-state index contributed by atoms with van der Waals surface area (Å²) in [5.74, 6) is -1.69. The Balaban J connectivity index is 2.12. The lowest BCUT2D eigenvalue weighted by atomic mass is 9.98. The van der Waals surface area contributed by atoms with Gasteiger partial charge in [-0.15, -0.1) is 0 Å². The van der Waals surface area contributed by atoms with Crippen molar-refractivity contribution in [3.63, 3.8) is 0 Å². The van der Waals surface area contributed by atoms with Gasteiger partial charge < -0.3 is 0 Å². The van der Waals surface area contributed by atoms with E-state index in [0.29, 0.717) is 5.69 Å². The van der Waals surface area contributed by atoms with Crippen LogP contribution in [0.1, 0.15) is 22.0 Å². The lowest BCUT2D eigenvalue weighted by Crippen LogP contribution is -2.39. The van der Waals surface area contributed by atoms with Crippen LogP contribution < -0.4 is 5.32 Å². The molecule has 1 atom stereocenters. The molecule has 7 heteroatoms. The highest BCUT2D eigenvalue weighted by Gasteiger charge is 2.38. The zero-order valence-electron chi connectivity index (χ0n) is 9.49. The number of nitrogens with one attached hydrogen (secondary N) is 1. The fourth-order valence-electron chi connectivity index (χ4n) is 1.95. The first-order valence-electron chi connectivity index (χ1n) is 5.35. The first kappa shape index (κ1) is 10.6. The second-order valence-corrected chi connectivity index (χ2v) is 3.96. The summed E-state index contributed by atoms with van der Waals surface area (Å²) >= 11 is 0. The number of anilines is 1. The Morgan fingerprint density at radius 1 is 1.33 bits per heavy atom. The molecule has 1 N–H and O–H groups in total. The van der Waals surface area contributed by atoms with Crippen LogP contribution in [-0.2, 0) is 4.79 Å². The topological polar surface area (TPSA) is 89.8 Å². The van der Waals surface area contributed by atoms with Crippen LogP contribution in [0.4, 0.5) is 5.95 Å². The predicted molar refractivity (Wildman–Crippen MR) is 61.0 cm³/mol. The Bertz CT molecular complexity index is 648. The maximum atomic E-state index is 12.2. The number of amides is 1. The number of rotatable bonds is 1. The second-order valence-electron chi connectivity index (χ2n) is 3.96. The highest BCUT2D eigenvalue weighted by molar-refractivity contribution is 6.14. The number of carbonyl (C=O) groups is 2. The number of carbonyl (C=O) groups excluding carboxylic acids is 2. The van der Waals surface area contributed by atoms with Crippen molar-refractivity contribution in [2.24, 2.45) is 0 Å². The van der Waals surface area contributed by atoms with Gasteiger partial charge in [0.05, 0.1) is 5.69 Å². The molecule has 0 aromatic carbocycles. The quantitative estimate of drug-likeness (QED) is 0.730. The van der Waals surface area contributed by atoms with Gasteiger partial charge in [0.25, 0.3) is 5.91 Å². The zero-order valence-corrected chi connectivity index (χ0v) is 9.49. The highest BCUT2D eigenvalue weighted by Crippen LogP contribution is 2.25. The van der Waals surface area contributed by atoms with Crippen LogP contribution in [0.3, 0.4) is 0 Å². The van der Waals surface area contributed by atoms with Gasteiger partial charge in [-0.2, -0.15) is 14.8 Å². The molecule has 0 aliphatic carbocycles. The molecule has 0 spiro atoms. The van der Waals surface area contributed by atoms with Gasteiger partial charge in [-0.1, -0.05) is 6.07 Å². The first-order valence-corrected chi connectivity index (χ1v) is 5.35. The van der Waals surface area contributed by atoms with Gasteiger partial charge >= 0.3 is 0 Å². The van der Waals surface area contributed by atoms with E-state index in [1.165, 1.54) is 6.33 Å². The number of aryl methyl sites for hydroxylation is 1. The number of aromatic nitrogens is 4. The molecule has 0 fully saturated rings. The van der Waals surface area contributed by atoms with Crippen molar-refractivity contribution in [2.45, 2.75) is 12.8 Å².